The van der Waals surface area contributed by atoms with Crippen LogP contribution >= 0.6 is 11.3 Å². The molecule has 1 saturated carbocycles. The van der Waals surface area contributed by atoms with Crippen LogP contribution in [0.5, 0.6) is 0 Å². The van der Waals surface area contributed by atoms with Gasteiger partial charge in [0.15, 0.2) is 11.2 Å². The predicted molar refractivity (Wildman–Crippen MR) is 200 cm³/mol. The summed E-state index contributed by atoms with van der Waals surface area (Å²) in [6.07, 6.45) is 9.85. The largest absolute Gasteiger partial charge is 0.436 e. The molecule has 4 rings (SSSR count). The summed E-state index contributed by atoms with van der Waals surface area (Å²) in [7, 11) is 3.03. The SMILES string of the molecule is CC(C)CC[C@H](O)[C@H](CC1CCCCC1)NC(=O)[C@H](Cc1c[nH]cn1)N(C)C(=O)[C@H](Cc1ccccc1)OC(=O)N(C)CCC(=O)Nc1nccs1. The van der Waals surface area contributed by atoms with E-state index in [4.69, 9.17) is 4.74 Å². The van der Waals surface area contributed by atoms with E-state index in [0.29, 0.717) is 35.5 Å². The van der Waals surface area contributed by atoms with Gasteiger partial charge in [-0.15, -0.1) is 11.3 Å². The molecule has 4 N–H and O–H groups in total. The Morgan fingerprint density at radius 1 is 1.04 bits per heavy atom. The highest BCUT2D eigenvalue weighted by Gasteiger charge is 2.36. The number of anilines is 1. The Balaban J connectivity index is 1.51. The number of carbonyl (C=O) groups excluding carboxylic acids is 4. The van der Waals surface area contributed by atoms with Crippen LogP contribution in [0, 0.1) is 11.8 Å². The van der Waals surface area contributed by atoms with E-state index in [9.17, 15) is 24.3 Å². The van der Waals surface area contributed by atoms with Crippen LogP contribution in [0.2, 0.25) is 0 Å². The molecule has 1 aromatic carbocycles. The van der Waals surface area contributed by atoms with E-state index < -0.39 is 42.2 Å². The van der Waals surface area contributed by atoms with E-state index in [1.54, 1.807) is 17.8 Å². The number of hydrogen-bond donors (Lipinski definition) is 4. The Labute approximate surface area is 310 Å². The van der Waals surface area contributed by atoms with E-state index in [0.717, 1.165) is 37.7 Å². The fourth-order valence-electron chi connectivity index (χ4n) is 6.51. The first-order chi connectivity index (χ1) is 25.0. The van der Waals surface area contributed by atoms with Gasteiger partial charge in [0.25, 0.3) is 5.91 Å². The fraction of sp³-hybridized carbons (Fsp3) is 0.579. The zero-order valence-corrected chi connectivity index (χ0v) is 31.6. The van der Waals surface area contributed by atoms with E-state index in [1.807, 2.05) is 30.3 Å². The monoisotopic (exact) mass is 737 g/mol. The van der Waals surface area contributed by atoms with Crippen molar-refractivity contribution in [3.05, 3.63) is 65.7 Å². The average molecular weight is 738 g/mol. The molecule has 0 radical (unpaired) electrons. The lowest BCUT2D eigenvalue weighted by atomic mass is 9.83. The van der Waals surface area contributed by atoms with Crippen molar-refractivity contribution in [3.8, 4) is 0 Å². The summed E-state index contributed by atoms with van der Waals surface area (Å²) in [5.74, 6) is -0.471. The highest BCUT2D eigenvalue weighted by molar-refractivity contribution is 7.13. The van der Waals surface area contributed by atoms with Crippen molar-refractivity contribution < 1.29 is 29.0 Å². The van der Waals surface area contributed by atoms with Gasteiger partial charge in [-0.1, -0.05) is 76.3 Å². The number of aliphatic hydroxyl groups is 1. The molecule has 0 aliphatic heterocycles. The summed E-state index contributed by atoms with van der Waals surface area (Å²) in [6, 6.07) is 7.71. The number of amides is 4. The number of H-pyrrole nitrogens is 1. The third-order valence-corrected chi connectivity index (χ3v) is 10.4. The molecular formula is C38H55N7O6S. The molecule has 2 heterocycles. The second kappa shape index (κ2) is 20.7. The standard InChI is InChI=1S/C38H55N7O6S/c1-26(2)15-16-32(46)30(21-27-11-7-5-8-12-27)42-35(48)31(23-29-24-39-25-41-29)45(4)36(49)33(22-28-13-9-6-10-14-28)51-38(50)44(3)19-17-34(47)43-37-40-18-20-52-37/h6,9-10,13-14,18,20,24-27,30-33,46H,5,7-8,11-12,15-17,19,21-23H2,1-4H3,(H,39,41)(H,42,48)(H,40,43,47)/t30-,31-,32-,33-/m0/s1. The number of thiazole rings is 1. The lowest BCUT2D eigenvalue weighted by molar-refractivity contribution is -0.146. The molecule has 13 nitrogen and oxygen atoms in total. The fourth-order valence-corrected chi connectivity index (χ4v) is 7.06. The number of rotatable bonds is 19. The van der Waals surface area contributed by atoms with Gasteiger partial charge in [0.05, 0.1) is 24.2 Å². The first kappa shape index (κ1) is 40.5. The van der Waals surface area contributed by atoms with Crippen molar-refractivity contribution >= 4 is 40.3 Å². The molecular weight excluding hydrogens is 683 g/mol. The summed E-state index contributed by atoms with van der Waals surface area (Å²) >= 11 is 1.29. The summed E-state index contributed by atoms with van der Waals surface area (Å²) in [5.41, 5.74) is 1.35. The van der Waals surface area contributed by atoms with Crippen LogP contribution in [0.3, 0.4) is 0 Å². The molecule has 14 heteroatoms. The summed E-state index contributed by atoms with van der Waals surface area (Å²) < 4.78 is 5.84. The topological polar surface area (TPSA) is 170 Å². The molecule has 1 aliphatic carbocycles. The first-order valence-electron chi connectivity index (χ1n) is 18.4. The van der Waals surface area contributed by atoms with Crippen molar-refractivity contribution in [2.75, 3.05) is 26.0 Å². The molecule has 4 atom stereocenters. The molecule has 4 amide bonds. The summed E-state index contributed by atoms with van der Waals surface area (Å²) in [5, 5.41) is 19.4. The number of imidazole rings is 1. The van der Waals surface area contributed by atoms with Crippen molar-refractivity contribution in [1.82, 2.24) is 30.1 Å². The number of aromatic nitrogens is 3. The second-order valence-corrected chi connectivity index (χ2v) is 15.1. The molecule has 0 saturated heterocycles. The van der Waals surface area contributed by atoms with Gasteiger partial charge in [0.2, 0.25) is 11.8 Å². The molecule has 3 aromatic rings. The summed E-state index contributed by atoms with van der Waals surface area (Å²) in [4.78, 5) is 68.2. The lowest BCUT2D eigenvalue weighted by Gasteiger charge is -2.34. The minimum absolute atomic E-state index is 0.000660. The smallest absolute Gasteiger partial charge is 0.410 e. The maximum atomic E-state index is 14.3. The van der Waals surface area contributed by atoms with Gasteiger partial charge in [-0.25, -0.2) is 14.8 Å². The van der Waals surface area contributed by atoms with Crippen molar-refractivity contribution in [2.24, 2.45) is 11.8 Å². The normalized spacial score (nSPS) is 15.7. The van der Waals surface area contributed by atoms with Crippen molar-refractivity contribution in [1.29, 1.82) is 0 Å². The Kier molecular flexibility index (Phi) is 16.1. The number of carbonyl (C=O) groups is 4. The second-order valence-electron chi connectivity index (χ2n) is 14.2. The Morgan fingerprint density at radius 3 is 2.44 bits per heavy atom. The summed E-state index contributed by atoms with van der Waals surface area (Å²) in [6.45, 7) is 4.27. The number of likely N-dealkylation sites (N-methyl/N-ethyl adjacent to an activating group) is 1. The Morgan fingerprint density at radius 2 is 1.79 bits per heavy atom. The highest BCUT2D eigenvalue weighted by atomic mass is 32.1. The zero-order valence-electron chi connectivity index (χ0n) is 30.8. The number of aliphatic hydroxyl groups excluding tert-OH is 1. The lowest BCUT2D eigenvalue weighted by Crippen LogP contribution is -2.56. The van der Waals surface area contributed by atoms with Gasteiger partial charge in [0, 0.05) is 57.7 Å². The average Bonchev–Trinajstić information content (AvgIpc) is 3.86. The van der Waals surface area contributed by atoms with Crippen LogP contribution < -0.4 is 10.6 Å². The third kappa shape index (κ3) is 13.0. The van der Waals surface area contributed by atoms with Gasteiger partial charge in [-0.3, -0.25) is 14.4 Å². The van der Waals surface area contributed by atoms with E-state index >= 15 is 0 Å². The quantitative estimate of drug-likeness (QED) is 0.130. The van der Waals surface area contributed by atoms with Gasteiger partial charge >= 0.3 is 6.09 Å². The van der Waals surface area contributed by atoms with Gasteiger partial charge in [-0.05, 0) is 36.7 Å². The molecule has 1 fully saturated rings. The molecule has 52 heavy (non-hydrogen) atoms. The number of nitrogens with one attached hydrogen (secondary N) is 3. The Bertz CT molecular complexity index is 1520. The molecule has 1 aliphatic rings. The molecule has 0 bridgehead atoms. The maximum Gasteiger partial charge on any atom is 0.410 e. The number of ether oxygens (including phenoxy) is 1. The third-order valence-electron chi connectivity index (χ3n) is 9.67. The van der Waals surface area contributed by atoms with Crippen LogP contribution in [0.15, 0.2) is 54.4 Å². The maximum absolute atomic E-state index is 14.3. The van der Waals surface area contributed by atoms with Crippen molar-refractivity contribution in [3.63, 3.8) is 0 Å². The molecule has 284 valence electrons. The van der Waals surface area contributed by atoms with Gasteiger partial charge in [0.1, 0.15) is 6.04 Å². The van der Waals surface area contributed by atoms with Crippen LogP contribution in [0.1, 0.15) is 82.9 Å². The number of benzene rings is 1. The number of nitrogens with zero attached hydrogens (tertiary/aromatic N) is 4. The van der Waals surface area contributed by atoms with Gasteiger partial charge in [-0.2, -0.15) is 0 Å². The number of hydrogen-bond acceptors (Lipinski definition) is 9. The molecule has 0 unspecified atom stereocenters. The first-order valence-corrected chi connectivity index (χ1v) is 19.3. The Hall–Kier alpha value is -4.30. The van der Waals surface area contributed by atoms with E-state index in [2.05, 4.69) is 39.4 Å². The van der Waals surface area contributed by atoms with Crippen LogP contribution in [-0.2, 0) is 32.0 Å². The van der Waals surface area contributed by atoms with E-state index in [1.165, 1.54) is 48.0 Å². The van der Waals surface area contributed by atoms with Crippen LogP contribution in [-0.4, -0.2) is 98.6 Å². The van der Waals surface area contributed by atoms with Crippen LogP contribution in [0.4, 0.5) is 9.93 Å². The molecule has 0 spiro atoms. The zero-order chi connectivity index (χ0) is 37.5. The predicted octanol–water partition coefficient (Wildman–Crippen LogP) is 5.20. The minimum Gasteiger partial charge on any atom is -0.436 e. The molecule has 2 aromatic heterocycles. The number of aromatic amines is 1. The minimum atomic E-state index is -1.27. The van der Waals surface area contributed by atoms with Gasteiger partial charge < -0.3 is 35.3 Å². The van der Waals surface area contributed by atoms with Crippen LogP contribution in [0.25, 0.3) is 0 Å². The van der Waals surface area contributed by atoms with Crippen molar-refractivity contribution in [2.45, 2.75) is 109 Å². The highest BCUT2D eigenvalue weighted by Crippen LogP contribution is 2.29. The van der Waals surface area contributed by atoms with E-state index in [-0.39, 0.29) is 31.7 Å².